The molecule has 0 atom stereocenters. The molecule has 0 fully saturated rings. The van der Waals surface area contributed by atoms with Crippen LogP contribution < -0.4 is 0 Å². The minimum Gasteiger partial charge on any atom is -0.337 e. The van der Waals surface area contributed by atoms with E-state index in [2.05, 4.69) is 15.9 Å². The number of carbonyl (C=O) groups is 1. The Balaban J connectivity index is 2.18. The summed E-state index contributed by atoms with van der Waals surface area (Å²) in [5.74, 6) is 0.0407. The fourth-order valence-electron chi connectivity index (χ4n) is 1.73. The molecule has 4 heteroatoms. The molecule has 0 saturated heterocycles. The predicted molar refractivity (Wildman–Crippen MR) is 79.0 cm³/mol. The number of hydrogen-bond donors (Lipinski definition) is 0. The molecule has 0 aliphatic rings. The Morgan fingerprint density at radius 1 is 1.33 bits per heavy atom. The molecule has 1 aromatic carbocycles. The van der Waals surface area contributed by atoms with Crippen LogP contribution in [0.1, 0.15) is 20.8 Å². The van der Waals surface area contributed by atoms with Gasteiger partial charge in [0.25, 0.3) is 5.91 Å². The Morgan fingerprint density at radius 2 is 2.11 bits per heavy atom. The molecule has 1 heterocycles. The molecule has 0 N–H and O–H groups in total. The highest BCUT2D eigenvalue weighted by atomic mass is 79.9. The van der Waals surface area contributed by atoms with Gasteiger partial charge in [0.15, 0.2) is 0 Å². The van der Waals surface area contributed by atoms with Crippen LogP contribution in [0.25, 0.3) is 0 Å². The summed E-state index contributed by atoms with van der Waals surface area (Å²) < 4.78 is 0.882. The molecule has 1 aromatic heterocycles. The third-order valence-electron chi connectivity index (χ3n) is 2.74. The van der Waals surface area contributed by atoms with Gasteiger partial charge in [-0.05, 0) is 45.9 Å². The molecule has 2 nitrogen and oxygen atoms in total. The van der Waals surface area contributed by atoms with Crippen molar-refractivity contribution in [2.24, 2.45) is 0 Å². The number of thiophene rings is 1. The van der Waals surface area contributed by atoms with Gasteiger partial charge in [-0.2, -0.15) is 0 Å². The second-order valence-electron chi connectivity index (χ2n) is 4.18. The standard InChI is InChI=1S/C14H14BrNOS/c1-10-5-3-7-12(13(10)15)14(17)16(2)9-11-6-4-8-18-11/h3-8H,9H2,1-2H3. The van der Waals surface area contributed by atoms with Crippen molar-refractivity contribution in [2.75, 3.05) is 7.05 Å². The van der Waals surface area contributed by atoms with Crippen molar-refractivity contribution in [1.29, 1.82) is 0 Å². The molecular weight excluding hydrogens is 310 g/mol. The quantitative estimate of drug-likeness (QED) is 0.833. The van der Waals surface area contributed by atoms with E-state index in [1.165, 1.54) is 4.88 Å². The van der Waals surface area contributed by atoms with Crippen molar-refractivity contribution in [3.05, 3.63) is 56.2 Å². The number of rotatable bonds is 3. The average Bonchev–Trinajstić information content (AvgIpc) is 2.84. The maximum Gasteiger partial charge on any atom is 0.255 e. The van der Waals surface area contributed by atoms with Gasteiger partial charge in [0, 0.05) is 16.4 Å². The van der Waals surface area contributed by atoms with Crippen LogP contribution in [0.4, 0.5) is 0 Å². The van der Waals surface area contributed by atoms with Crippen LogP contribution in [0, 0.1) is 6.92 Å². The molecule has 1 amide bonds. The normalized spacial score (nSPS) is 10.4. The van der Waals surface area contributed by atoms with E-state index in [-0.39, 0.29) is 5.91 Å². The monoisotopic (exact) mass is 323 g/mol. The Labute approximate surface area is 119 Å². The molecule has 2 aromatic rings. The van der Waals surface area contributed by atoms with Gasteiger partial charge in [0.05, 0.1) is 12.1 Å². The average molecular weight is 324 g/mol. The van der Waals surface area contributed by atoms with Crippen LogP contribution in [0.2, 0.25) is 0 Å². The van der Waals surface area contributed by atoms with E-state index >= 15 is 0 Å². The second kappa shape index (κ2) is 5.67. The van der Waals surface area contributed by atoms with Gasteiger partial charge in [-0.25, -0.2) is 0 Å². The zero-order valence-electron chi connectivity index (χ0n) is 10.3. The fourth-order valence-corrected chi connectivity index (χ4v) is 2.92. The first-order chi connectivity index (χ1) is 8.59. The second-order valence-corrected chi connectivity index (χ2v) is 6.00. The topological polar surface area (TPSA) is 20.3 Å². The number of hydrogen-bond acceptors (Lipinski definition) is 2. The molecule has 0 spiro atoms. The highest BCUT2D eigenvalue weighted by Crippen LogP contribution is 2.23. The number of nitrogens with zero attached hydrogens (tertiary/aromatic N) is 1. The zero-order chi connectivity index (χ0) is 13.1. The van der Waals surface area contributed by atoms with Gasteiger partial charge in [-0.15, -0.1) is 11.3 Å². The summed E-state index contributed by atoms with van der Waals surface area (Å²) in [6.45, 7) is 2.64. The summed E-state index contributed by atoms with van der Waals surface area (Å²) in [7, 11) is 1.83. The maximum atomic E-state index is 12.3. The Hall–Kier alpha value is -1.13. The highest BCUT2D eigenvalue weighted by molar-refractivity contribution is 9.10. The molecule has 0 radical (unpaired) electrons. The lowest BCUT2D eigenvalue weighted by molar-refractivity contribution is 0.0785. The summed E-state index contributed by atoms with van der Waals surface area (Å²) in [4.78, 5) is 15.3. The summed E-state index contributed by atoms with van der Waals surface area (Å²) in [6.07, 6.45) is 0. The van der Waals surface area contributed by atoms with E-state index in [4.69, 9.17) is 0 Å². The SMILES string of the molecule is Cc1cccc(C(=O)N(C)Cc2cccs2)c1Br. The first-order valence-corrected chi connectivity index (χ1v) is 7.30. The molecule has 0 unspecified atom stereocenters. The molecular formula is C14H14BrNOS. The van der Waals surface area contributed by atoms with Gasteiger partial charge in [-0.1, -0.05) is 18.2 Å². The van der Waals surface area contributed by atoms with Gasteiger partial charge >= 0.3 is 0 Å². The zero-order valence-corrected chi connectivity index (χ0v) is 12.7. The first-order valence-electron chi connectivity index (χ1n) is 5.62. The fraction of sp³-hybridized carbons (Fsp3) is 0.214. The first kappa shape index (κ1) is 13.3. The van der Waals surface area contributed by atoms with Crippen LogP contribution in [0.15, 0.2) is 40.2 Å². The van der Waals surface area contributed by atoms with Crippen molar-refractivity contribution in [2.45, 2.75) is 13.5 Å². The van der Waals surface area contributed by atoms with E-state index < -0.39 is 0 Å². The smallest absolute Gasteiger partial charge is 0.255 e. The van der Waals surface area contributed by atoms with Crippen molar-refractivity contribution < 1.29 is 4.79 Å². The lowest BCUT2D eigenvalue weighted by Crippen LogP contribution is -2.26. The third kappa shape index (κ3) is 2.82. The minimum atomic E-state index is 0.0407. The Morgan fingerprint density at radius 3 is 2.78 bits per heavy atom. The van der Waals surface area contributed by atoms with E-state index in [1.54, 1.807) is 16.2 Å². The lowest BCUT2D eigenvalue weighted by Gasteiger charge is -2.17. The molecule has 2 rings (SSSR count). The summed E-state index contributed by atoms with van der Waals surface area (Å²) >= 11 is 5.15. The highest BCUT2D eigenvalue weighted by Gasteiger charge is 2.16. The number of aryl methyl sites for hydroxylation is 1. The van der Waals surface area contributed by atoms with Crippen molar-refractivity contribution in [3.63, 3.8) is 0 Å². The summed E-state index contributed by atoms with van der Waals surface area (Å²) in [6, 6.07) is 9.79. The van der Waals surface area contributed by atoms with Gasteiger partial charge < -0.3 is 4.90 Å². The van der Waals surface area contributed by atoms with Crippen molar-refractivity contribution in [3.8, 4) is 0 Å². The molecule has 0 saturated carbocycles. The van der Waals surface area contributed by atoms with Crippen LogP contribution in [0.3, 0.4) is 0 Å². The third-order valence-corrected chi connectivity index (χ3v) is 4.66. The number of amides is 1. The van der Waals surface area contributed by atoms with E-state index in [9.17, 15) is 4.79 Å². The van der Waals surface area contributed by atoms with E-state index in [0.717, 1.165) is 10.0 Å². The number of carbonyl (C=O) groups excluding carboxylic acids is 1. The van der Waals surface area contributed by atoms with E-state index in [1.807, 2.05) is 49.7 Å². The minimum absolute atomic E-state index is 0.0407. The lowest BCUT2D eigenvalue weighted by atomic mass is 10.1. The van der Waals surface area contributed by atoms with Crippen LogP contribution in [-0.2, 0) is 6.54 Å². The van der Waals surface area contributed by atoms with Crippen LogP contribution >= 0.6 is 27.3 Å². The molecule has 94 valence electrons. The largest absolute Gasteiger partial charge is 0.337 e. The van der Waals surface area contributed by atoms with Crippen molar-refractivity contribution in [1.82, 2.24) is 4.90 Å². The predicted octanol–water partition coefficient (Wildman–Crippen LogP) is 4.09. The number of benzene rings is 1. The van der Waals surface area contributed by atoms with Crippen LogP contribution in [0.5, 0.6) is 0 Å². The van der Waals surface area contributed by atoms with E-state index in [0.29, 0.717) is 12.1 Å². The van der Waals surface area contributed by atoms with Gasteiger partial charge in [0.1, 0.15) is 0 Å². The maximum absolute atomic E-state index is 12.3. The molecule has 0 bridgehead atoms. The Kier molecular flexibility index (Phi) is 4.19. The molecule has 0 aliphatic heterocycles. The summed E-state index contributed by atoms with van der Waals surface area (Å²) in [5, 5.41) is 2.02. The summed E-state index contributed by atoms with van der Waals surface area (Å²) in [5.41, 5.74) is 1.79. The number of halogens is 1. The van der Waals surface area contributed by atoms with Gasteiger partial charge in [-0.3, -0.25) is 4.79 Å². The van der Waals surface area contributed by atoms with Crippen molar-refractivity contribution >= 4 is 33.2 Å². The molecule has 18 heavy (non-hydrogen) atoms. The molecule has 0 aliphatic carbocycles. The Bertz CT molecular complexity index is 551. The van der Waals surface area contributed by atoms with Gasteiger partial charge in [0.2, 0.25) is 0 Å². The van der Waals surface area contributed by atoms with Crippen LogP contribution in [-0.4, -0.2) is 17.9 Å².